The summed E-state index contributed by atoms with van der Waals surface area (Å²) in [5, 5.41) is 0. The van der Waals surface area contributed by atoms with Crippen molar-refractivity contribution in [1.29, 1.82) is 0 Å². The molecule has 0 spiro atoms. The maximum absolute atomic E-state index is 11.2. The molecule has 15 heavy (non-hydrogen) atoms. The van der Waals surface area contributed by atoms with Crippen molar-refractivity contribution < 1.29 is 14.3 Å². The highest BCUT2D eigenvalue weighted by Crippen LogP contribution is 2.14. The van der Waals surface area contributed by atoms with Crippen molar-refractivity contribution >= 4 is 5.97 Å². The van der Waals surface area contributed by atoms with Gasteiger partial charge in [0.15, 0.2) is 0 Å². The Hall–Kier alpha value is -0.830. The van der Waals surface area contributed by atoms with Gasteiger partial charge in [-0.25, -0.2) is 4.79 Å². The van der Waals surface area contributed by atoms with Gasteiger partial charge in [0.05, 0.1) is 6.61 Å². The molecule has 0 rings (SSSR count). The zero-order chi connectivity index (χ0) is 11.9. The highest BCUT2D eigenvalue weighted by Gasteiger charge is 2.23. The Bertz CT molecular complexity index is 219. The molecule has 0 aromatic rings. The van der Waals surface area contributed by atoms with Crippen molar-refractivity contribution in [2.45, 2.75) is 52.7 Å². The third-order valence-electron chi connectivity index (χ3n) is 1.88. The lowest BCUT2D eigenvalue weighted by molar-refractivity contribution is -0.212. The lowest BCUT2D eigenvalue weighted by Gasteiger charge is -2.25. The van der Waals surface area contributed by atoms with Crippen LogP contribution in [0.1, 0.15) is 47.0 Å². The first-order chi connectivity index (χ1) is 6.89. The third kappa shape index (κ3) is 7.14. The predicted octanol–water partition coefficient (Wildman–Crippen LogP) is 3.05. The quantitative estimate of drug-likeness (QED) is 0.283. The predicted molar refractivity (Wildman–Crippen MR) is 60.5 cm³/mol. The highest BCUT2D eigenvalue weighted by atomic mass is 16.7. The van der Waals surface area contributed by atoms with Gasteiger partial charge in [0, 0.05) is 19.4 Å². The van der Waals surface area contributed by atoms with E-state index in [-0.39, 0.29) is 0 Å². The van der Waals surface area contributed by atoms with Crippen LogP contribution in [0.3, 0.4) is 0 Å². The lowest BCUT2D eigenvalue weighted by atomic mass is 10.2. The van der Waals surface area contributed by atoms with Gasteiger partial charge in [-0.15, -0.1) is 0 Å². The number of rotatable bonds is 7. The Labute approximate surface area is 92.5 Å². The van der Waals surface area contributed by atoms with E-state index >= 15 is 0 Å². The molecule has 0 aromatic heterocycles. The summed E-state index contributed by atoms with van der Waals surface area (Å²) < 4.78 is 10.6. The first-order valence-corrected chi connectivity index (χ1v) is 5.42. The molecule has 0 saturated carbocycles. The van der Waals surface area contributed by atoms with Crippen molar-refractivity contribution in [2.75, 3.05) is 6.61 Å². The Morgan fingerprint density at radius 3 is 2.40 bits per heavy atom. The van der Waals surface area contributed by atoms with E-state index in [2.05, 4.69) is 13.5 Å². The normalized spacial score (nSPS) is 11.2. The minimum absolute atomic E-state index is 0.389. The second-order valence-corrected chi connectivity index (χ2v) is 4.13. The molecule has 0 aromatic carbocycles. The summed E-state index contributed by atoms with van der Waals surface area (Å²) in [5.74, 6) is -1.26. The lowest BCUT2D eigenvalue weighted by Crippen LogP contribution is -2.32. The van der Waals surface area contributed by atoms with Crippen LogP contribution in [0.25, 0.3) is 0 Å². The largest absolute Gasteiger partial charge is 0.430 e. The summed E-state index contributed by atoms with van der Waals surface area (Å²) in [6.45, 7) is 11.4. The topological polar surface area (TPSA) is 35.5 Å². The van der Waals surface area contributed by atoms with Gasteiger partial charge in [0.1, 0.15) is 0 Å². The van der Waals surface area contributed by atoms with Gasteiger partial charge in [-0.1, -0.05) is 26.3 Å². The molecule has 3 heteroatoms. The summed E-state index contributed by atoms with van der Waals surface area (Å²) in [5.41, 5.74) is 0.389. The number of ether oxygens (including phenoxy) is 2. The molecule has 0 unspecified atom stereocenters. The minimum atomic E-state index is -0.857. The molecule has 0 aliphatic heterocycles. The SMILES string of the molecule is C=C(C)C(=O)OC(C)(C)OCCCCC. The van der Waals surface area contributed by atoms with Gasteiger partial charge in [0.2, 0.25) is 5.79 Å². The maximum Gasteiger partial charge on any atom is 0.335 e. The maximum atomic E-state index is 11.2. The zero-order valence-corrected chi connectivity index (χ0v) is 10.3. The van der Waals surface area contributed by atoms with Crippen LogP contribution in [0.4, 0.5) is 0 Å². The third-order valence-corrected chi connectivity index (χ3v) is 1.88. The molecule has 0 aliphatic rings. The first kappa shape index (κ1) is 14.2. The zero-order valence-electron chi connectivity index (χ0n) is 10.3. The van der Waals surface area contributed by atoms with Crippen LogP contribution in [0.15, 0.2) is 12.2 Å². The second-order valence-electron chi connectivity index (χ2n) is 4.13. The van der Waals surface area contributed by atoms with E-state index in [4.69, 9.17) is 9.47 Å². The summed E-state index contributed by atoms with van der Waals surface area (Å²) in [7, 11) is 0. The van der Waals surface area contributed by atoms with E-state index in [1.54, 1.807) is 20.8 Å². The van der Waals surface area contributed by atoms with Crippen molar-refractivity contribution in [3.63, 3.8) is 0 Å². The average molecular weight is 214 g/mol. The van der Waals surface area contributed by atoms with Gasteiger partial charge in [-0.05, 0) is 13.3 Å². The van der Waals surface area contributed by atoms with E-state index in [1.807, 2.05) is 0 Å². The number of carbonyl (C=O) groups excluding carboxylic acids is 1. The highest BCUT2D eigenvalue weighted by molar-refractivity contribution is 5.87. The monoisotopic (exact) mass is 214 g/mol. The Morgan fingerprint density at radius 2 is 1.93 bits per heavy atom. The van der Waals surface area contributed by atoms with Crippen molar-refractivity contribution in [3.8, 4) is 0 Å². The molecule has 0 amide bonds. The van der Waals surface area contributed by atoms with Crippen LogP contribution in [0.2, 0.25) is 0 Å². The Morgan fingerprint density at radius 1 is 1.33 bits per heavy atom. The van der Waals surface area contributed by atoms with Gasteiger partial charge in [-0.2, -0.15) is 0 Å². The molecule has 0 fully saturated rings. The smallest absolute Gasteiger partial charge is 0.335 e. The fourth-order valence-corrected chi connectivity index (χ4v) is 1.01. The minimum Gasteiger partial charge on any atom is -0.430 e. The number of hydrogen-bond acceptors (Lipinski definition) is 3. The summed E-state index contributed by atoms with van der Waals surface area (Å²) in [4.78, 5) is 11.2. The summed E-state index contributed by atoms with van der Waals surface area (Å²) in [6, 6.07) is 0. The molecule has 88 valence electrons. The van der Waals surface area contributed by atoms with Crippen LogP contribution < -0.4 is 0 Å². The molecule has 3 nitrogen and oxygen atoms in total. The van der Waals surface area contributed by atoms with Gasteiger partial charge >= 0.3 is 5.97 Å². The molecule has 0 aliphatic carbocycles. The number of hydrogen-bond donors (Lipinski definition) is 0. The molecule has 0 radical (unpaired) electrons. The van der Waals surface area contributed by atoms with E-state index in [1.165, 1.54) is 0 Å². The first-order valence-electron chi connectivity index (χ1n) is 5.42. The van der Waals surface area contributed by atoms with Crippen molar-refractivity contribution in [3.05, 3.63) is 12.2 Å². The summed E-state index contributed by atoms with van der Waals surface area (Å²) >= 11 is 0. The fraction of sp³-hybridized carbons (Fsp3) is 0.750. The van der Waals surface area contributed by atoms with Crippen LogP contribution in [0, 0.1) is 0 Å². The van der Waals surface area contributed by atoms with Crippen molar-refractivity contribution in [2.24, 2.45) is 0 Å². The molecule has 0 saturated heterocycles. The Balaban J connectivity index is 3.86. The van der Waals surface area contributed by atoms with Crippen LogP contribution in [-0.2, 0) is 14.3 Å². The number of unbranched alkanes of at least 4 members (excludes halogenated alkanes) is 2. The molecule has 0 heterocycles. The van der Waals surface area contributed by atoms with Gasteiger partial charge < -0.3 is 9.47 Å². The molecule has 0 bridgehead atoms. The molecule has 0 atom stereocenters. The van der Waals surface area contributed by atoms with Crippen LogP contribution >= 0.6 is 0 Å². The molecular weight excluding hydrogens is 192 g/mol. The van der Waals surface area contributed by atoms with E-state index in [0.717, 1.165) is 19.3 Å². The molecular formula is C12H22O3. The number of esters is 1. The average Bonchev–Trinajstić information content (AvgIpc) is 2.11. The van der Waals surface area contributed by atoms with E-state index < -0.39 is 11.8 Å². The fourth-order valence-electron chi connectivity index (χ4n) is 1.01. The van der Waals surface area contributed by atoms with E-state index in [9.17, 15) is 4.79 Å². The molecule has 0 N–H and O–H groups in total. The van der Waals surface area contributed by atoms with Gasteiger partial charge in [0.25, 0.3) is 0 Å². The standard InChI is InChI=1S/C12H22O3/c1-6-7-8-9-14-12(4,5)15-11(13)10(2)3/h2,6-9H2,1,3-5H3. The Kier molecular flexibility index (Phi) is 6.25. The van der Waals surface area contributed by atoms with Gasteiger partial charge in [-0.3, -0.25) is 0 Å². The number of carbonyl (C=O) groups is 1. The van der Waals surface area contributed by atoms with Crippen LogP contribution in [0.5, 0.6) is 0 Å². The van der Waals surface area contributed by atoms with E-state index in [0.29, 0.717) is 12.2 Å². The second kappa shape index (κ2) is 6.62. The van der Waals surface area contributed by atoms with Crippen molar-refractivity contribution in [1.82, 2.24) is 0 Å². The summed E-state index contributed by atoms with van der Waals surface area (Å²) in [6.07, 6.45) is 3.27. The van der Waals surface area contributed by atoms with Crippen LogP contribution in [-0.4, -0.2) is 18.4 Å².